The number of piperazine rings is 1. The number of hydrogen-bond donors (Lipinski definition) is 2. The van der Waals surface area contributed by atoms with Gasteiger partial charge in [-0.15, -0.1) is 12.4 Å². The number of benzene rings is 1. The van der Waals surface area contributed by atoms with Crippen molar-refractivity contribution in [1.82, 2.24) is 15.2 Å². The van der Waals surface area contributed by atoms with E-state index in [9.17, 15) is 4.79 Å². The molecule has 1 aromatic carbocycles. The summed E-state index contributed by atoms with van der Waals surface area (Å²) in [6.07, 6.45) is 2.83. The lowest BCUT2D eigenvalue weighted by Crippen LogP contribution is -2.44. The molecule has 1 amide bonds. The lowest BCUT2D eigenvalue weighted by molar-refractivity contribution is 0.0829. The van der Waals surface area contributed by atoms with Crippen LogP contribution < -0.4 is 20.3 Å². The molecule has 1 aromatic heterocycles. The van der Waals surface area contributed by atoms with Crippen LogP contribution in [0, 0.1) is 0 Å². The number of nitrogens with zero attached hydrogens (tertiary/aromatic N) is 3. The minimum absolute atomic E-state index is 0. The molecule has 0 unspecified atom stereocenters. The average Bonchev–Trinajstić information content (AvgIpc) is 2.77. The van der Waals surface area contributed by atoms with Crippen LogP contribution in [0.3, 0.4) is 0 Å². The molecular formula is C22H32ClN5O2. The van der Waals surface area contributed by atoms with E-state index >= 15 is 0 Å². The van der Waals surface area contributed by atoms with Gasteiger partial charge >= 0.3 is 0 Å². The maximum atomic E-state index is 13.3. The fourth-order valence-corrected chi connectivity index (χ4v) is 3.58. The molecule has 1 saturated heterocycles. The summed E-state index contributed by atoms with van der Waals surface area (Å²) in [5.74, 6) is 1.28. The van der Waals surface area contributed by atoms with Crippen LogP contribution in [0.5, 0.6) is 5.75 Å². The molecule has 1 fully saturated rings. The molecule has 0 radical (unpaired) electrons. The van der Waals surface area contributed by atoms with Gasteiger partial charge in [0.15, 0.2) is 0 Å². The molecule has 8 heteroatoms. The maximum absolute atomic E-state index is 13.3. The number of ether oxygens (including phenoxy) is 1. The Bertz CT molecular complexity index is 853. The van der Waals surface area contributed by atoms with Gasteiger partial charge in [-0.3, -0.25) is 4.79 Å². The van der Waals surface area contributed by atoms with E-state index in [1.165, 1.54) is 0 Å². The molecule has 0 saturated carbocycles. The quantitative estimate of drug-likeness (QED) is 0.699. The first-order valence-corrected chi connectivity index (χ1v) is 10.2. The Kier molecular flexibility index (Phi) is 8.74. The number of anilines is 2. The number of para-hydroxylation sites is 1. The Morgan fingerprint density at radius 3 is 2.60 bits per heavy atom. The van der Waals surface area contributed by atoms with Gasteiger partial charge in [-0.2, -0.15) is 0 Å². The summed E-state index contributed by atoms with van der Waals surface area (Å²) in [7, 11) is 5.21. The Hall–Kier alpha value is -2.51. The number of carbonyl (C=O) groups is 1. The third-order valence-corrected chi connectivity index (χ3v) is 5.06. The molecule has 2 heterocycles. The zero-order valence-corrected chi connectivity index (χ0v) is 19.0. The number of carbonyl (C=O) groups excluding carboxylic acids is 1. The second-order valence-corrected chi connectivity index (χ2v) is 7.31. The fourth-order valence-electron chi connectivity index (χ4n) is 3.58. The van der Waals surface area contributed by atoms with Gasteiger partial charge in [-0.1, -0.05) is 25.1 Å². The lowest BCUT2D eigenvalue weighted by atomic mass is 9.96. The summed E-state index contributed by atoms with van der Waals surface area (Å²) < 4.78 is 5.66. The number of halogens is 1. The Labute approximate surface area is 185 Å². The summed E-state index contributed by atoms with van der Waals surface area (Å²) in [5.41, 5.74) is 3.32. The normalized spacial score (nSPS) is 13.4. The van der Waals surface area contributed by atoms with Crippen LogP contribution in [0.2, 0.25) is 0 Å². The second kappa shape index (κ2) is 11.0. The van der Waals surface area contributed by atoms with Crippen molar-refractivity contribution in [2.75, 3.05) is 64.1 Å². The zero-order chi connectivity index (χ0) is 20.8. The predicted octanol–water partition coefficient (Wildman–Crippen LogP) is 3.11. The van der Waals surface area contributed by atoms with Gasteiger partial charge in [0.2, 0.25) is 0 Å². The third-order valence-electron chi connectivity index (χ3n) is 5.06. The topological polar surface area (TPSA) is 69.7 Å². The third kappa shape index (κ3) is 4.96. The second-order valence-electron chi connectivity index (χ2n) is 7.31. The molecule has 2 N–H and O–H groups in total. The number of hydrogen-bond acceptors (Lipinski definition) is 6. The van der Waals surface area contributed by atoms with Crippen molar-refractivity contribution in [2.24, 2.45) is 0 Å². The van der Waals surface area contributed by atoms with Crippen molar-refractivity contribution in [3.05, 3.63) is 36.0 Å². The molecule has 0 atom stereocenters. The average molecular weight is 434 g/mol. The Morgan fingerprint density at radius 2 is 1.97 bits per heavy atom. The molecule has 164 valence electrons. The van der Waals surface area contributed by atoms with Gasteiger partial charge in [0.05, 0.1) is 24.6 Å². The summed E-state index contributed by atoms with van der Waals surface area (Å²) in [5, 5.41) is 6.73. The summed E-state index contributed by atoms with van der Waals surface area (Å²) in [4.78, 5) is 21.9. The zero-order valence-electron chi connectivity index (χ0n) is 18.2. The van der Waals surface area contributed by atoms with Crippen LogP contribution in [-0.2, 0) is 0 Å². The molecular weight excluding hydrogens is 402 g/mol. The van der Waals surface area contributed by atoms with Gasteiger partial charge in [0, 0.05) is 57.9 Å². The van der Waals surface area contributed by atoms with Crippen molar-refractivity contribution in [3.8, 4) is 16.9 Å². The highest BCUT2D eigenvalue weighted by molar-refractivity contribution is 6.08. The van der Waals surface area contributed by atoms with Crippen LogP contribution in [0.25, 0.3) is 11.1 Å². The summed E-state index contributed by atoms with van der Waals surface area (Å²) in [6, 6.07) is 7.86. The number of aromatic nitrogens is 1. The van der Waals surface area contributed by atoms with E-state index in [1.54, 1.807) is 26.1 Å². The van der Waals surface area contributed by atoms with Crippen molar-refractivity contribution in [2.45, 2.75) is 13.3 Å². The van der Waals surface area contributed by atoms with Gasteiger partial charge < -0.3 is 25.2 Å². The highest BCUT2D eigenvalue weighted by Crippen LogP contribution is 2.41. The van der Waals surface area contributed by atoms with Crippen LogP contribution in [-0.4, -0.2) is 69.7 Å². The Balaban J connectivity index is 0.00000320. The molecule has 0 aliphatic carbocycles. The van der Waals surface area contributed by atoms with E-state index in [2.05, 4.69) is 27.4 Å². The monoisotopic (exact) mass is 433 g/mol. The van der Waals surface area contributed by atoms with Crippen LogP contribution in [0.1, 0.15) is 23.7 Å². The number of nitrogens with one attached hydrogen (secondary N) is 2. The summed E-state index contributed by atoms with van der Waals surface area (Å²) >= 11 is 0. The largest absolute Gasteiger partial charge is 0.496 e. The highest BCUT2D eigenvalue weighted by Gasteiger charge is 2.28. The van der Waals surface area contributed by atoms with Crippen molar-refractivity contribution >= 4 is 29.8 Å². The first-order chi connectivity index (χ1) is 14.1. The number of methoxy groups -OCH3 is 1. The van der Waals surface area contributed by atoms with Crippen LogP contribution in [0.15, 0.2) is 30.5 Å². The first-order valence-electron chi connectivity index (χ1n) is 10.2. The van der Waals surface area contributed by atoms with Gasteiger partial charge in [0.1, 0.15) is 11.6 Å². The predicted molar refractivity (Wildman–Crippen MR) is 125 cm³/mol. The van der Waals surface area contributed by atoms with Crippen molar-refractivity contribution < 1.29 is 9.53 Å². The fraction of sp³-hybridized carbons (Fsp3) is 0.455. The van der Waals surface area contributed by atoms with E-state index in [-0.39, 0.29) is 18.3 Å². The van der Waals surface area contributed by atoms with Crippen LogP contribution >= 0.6 is 12.4 Å². The Morgan fingerprint density at radius 1 is 1.27 bits per heavy atom. The van der Waals surface area contributed by atoms with Crippen molar-refractivity contribution in [3.63, 3.8) is 0 Å². The summed E-state index contributed by atoms with van der Waals surface area (Å²) in [6.45, 7) is 6.37. The first kappa shape index (κ1) is 23.8. The smallest absolute Gasteiger partial charge is 0.257 e. The molecule has 0 bridgehead atoms. The van der Waals surface area contributed by atoms with Gasteiger partial charge in [0.25, 0.3) is 5.91 Å². The van der Waals surface area contributed by atoms with E-state index in [0.29, 0.717) is 11.4 Å². The van der Waals surface area contributed by atoms with E-state index in [4.69, 9.17) is 4.74 Å². The standard InChI is InChI=1S/C22H31N5O2.ClH/c1-5-10-24-21-20(22(28)26(2)3)19(16-8-6-7-9-18(16)29-4)17(15-25-21)27-13-11-23-12-14-27;/h6-9,15,23H,5,10-14H2,1-4H3,(H,24,25);1H. The molecule has 0 spiro atoms. The van der Waals surface area contributed by atoms with E-state index in [0.717, 1.165) is 61.7 Å². The van der Waals surface area contributed by atoms with E-state index < -0.39 is 0 Å². The molecule has 1 aliphatic rings. The van der Waals surface area contributed by atoms with E-state index in [1.807, 2.05) is 30.5 Å². The minimum Gasteiger partial charge on any atom is -0.496 e. The minimum atomic E-state index is -0.0750. The van der Waals surface area contributed by atoms with Gasteiger partial charge in [-0.05, 0) is 12.5 Å². The SMILES string of the molecule is CCCNc1ncc(N2CCNCC2)c(-c2ccccc2OC)c1C(=O)N(C)C.Cl. The molecule has 7 nitrogen and oxygen atoms in total. The van der Waals surface area contributed by atoms with Gasteiger partial charge in [-0.25, -0.2) is 4.98 Å². The van der Waals surface area contributed by atoms with Crippen LogP contribution in [0.4, 0.5) is 11.5 Å². The number of pyridine rings is 1. The lowest BCUT2D eigenvalue weighted by Gasteiger charge is -2.32. The highest BCUT2D eigenvalue weighted by atomic mass is 35.5. The molecule has 3 rings (SSSR count). The number of rotatable bonds is 7. The van der Waals surface area contributed by atoms with Crippen molar-refractivity contribution in [1.29, 1.82) is 0 Å². The molecule has 2 aromatic rings. The molecule has 30 heavy (non-hydrogen) atoms. The number of amides is 1. The molecule has 1 aliphatic heterocycles. The maximum Gasteiger partial charge on any atom is 0.257 e.